The van der Waals surface area contributed by atoms with Crippen LogP contribution in [0.5, 0.6) is 0 Å². The fourth-order valence-corrected chi connectivity index (χ4v) is 1.53. The molecule has 3 nitrogen and oxygen atoms in total. The minimum Gasteiger partial charge on any atom is -0.394 e. The molecule has 0 heterocycles. The third-order valence-corrected chi connectivity index (χ3v) is 2.90. The predicted molar refractivity (Wildman–Crippen MR) is 66.5 cm³/mol. The molecule has 0 saturated heterocycles. The highest BCUT2D eigenvalue weighted by Gasteiger charge is 2.32. The summed E-state index contributed by atoms with van der Waals surface area (Å²) in [6.45, 7) is 10.2. The van der Waals surface area contributed by atoms with Crippen LogP contribution in [0.15, 0.2) is 0 Å². The second-order valence-corrected chi connectivity index (χ2v) is 6.50. The number of ether oxygens (including phenoxy) is 1. The fraction of sp³-hybridized carbons (Fsp3) is 1.00. The second-order valence-electron chi connectivity index (χ2n) is 6.50. The van der Waals surface area contributed by atoms with Gasteiger partial charge >= 0.3 is 0 Å². The Bertz CT molecular complexity index is 208. The van der Waals surface area contributed by atoms with Crippen molar-refractivity contribution in [2.75, 3.05) is 19.8 Å². The van der Waals surface area contributed by atoms with E-state index in [4.69, 9.17) is 4.74 Å². The molecule has 0 aromatic rings. The molecule has 0 aromatic heterocycles. The van der Waals surface area contributed by atoms with Crippen molar-refractivity contribution in [2.24, 2.45) is 5.41 Å². The Labute approximate surface area is 99.6 Å². The van der Waals surface area contributed by atoms with Crippen LogP contribution in [0, 0.1) is 5.41 Å². The molecule has 1 aliphatic carbocycles. The van der Waals surface area contributed by atoms with Gasteiger partial charge in [-0.2, -0.15) is 0 Å². The molecule has 0 spiro atoms. The Morgan fingerprint density at radius 1 is 1.25 bits per heavy atom. The van der Waals surface area contributed by atoms with Gasteiger partial charge in [-0.15, -0.1) is 0 Å². The van der Waals surface area contributed by atoms with E-state index in [-0.39, 0.29) is 12.1 Å². The van der Waals surface area contributed by atoms with E-state index in [1.54, 1.807) is 0 Å². The summed E-state index contributed by atoms with van der Waals surface area (Å²) >= 11 is 0. The van der Waals surface area contributed by atoms with Crippen molar-refractivity contribution in [1.29, 1.82) is 0 Å². The molecule has 16 heavy (non-hydrogen) atoms. The smallest absolute Gasteiger partial charge is 0.0668 e. The topological polar surface area (TPSA) is 41.5 Å². The van der Waals surface area contributed by atoms with E-state index in [2.05, 4.69) is 26.1 Å². The maximum absolute atomic E-state index is 9.38. The lowest BCUT2D eigenvalue weighted by atomic mass is 9.93. The van der Waals surface area contributed by atoms with Crippen molar-refractivity contribution in [3.8, 4) is 0 Å². The summed E-state index contributed by atoms with van der Waals surface area (Å²) in [7, 11) is 0. The Balaban J connectivity index is 2.17. The van der Waals surface area contributed by atoms with Crippen molar-refractivity contribution < 1.29 is 9.84 Å². The van der Waals surface area contributed by atoms with Gasteiger partial charge in [0.2, 0.25) is 0 Å². The summed E-state index contributed by atoms with van der Waals surface area (Å²) in [4.78, 5) is 0. The van der Waals surface area contributed by atoms with E-state index >= 15 is 0 Å². The van der Waals surface area contributed by atoms with E-state index < -0.39 is 0 Å². The van der Waals surface area contributed by atoms with Gasteiger partial charge in [-0.3, -0.25) is 0 Å². The zero-order chi connectivity index (χ0) is 12.2. The van der Waals surface area contributed by atoms with E-state index in [1.807, 2.05) is 6.92 Å². The summed E-state index contributed by atoms with van der Waals surface area (Å²) < 4.78 is 5.67. The van der Waals surface area contributed by atoms with Gasteiger partial charge in [0.25, 0.3) is 0 Å². The number of rotatable bonds is 7. The van der Waals surface area contributed by atoms with Gasteiger partial charge in [0, 0.05) is 12.6 Å². The highest BCUT2D eigenvalue weighted by Crippen LogP contribution is 2.23. The number of nitrogens with one attached hydrogen (secondary N) is 1. The van der Waals surface area contributed by atoms with Crippen molar-refractivity contribution in [1.82, 2.24) is 5.32 Å². The standard InChI is InChI=1S/C13H27NO2/c1-12(2,3)7-8-16-10-13(4,9-15)14-11-5-6-11/h11,14-15H,5-10H2,1-4H3. The van der Waals surface area contributed by atoms with E-state index in [9.17, 15) is 5.11 Å². The summed E-state index contributed by atoms with van der Waals surface area (Å²) in [5, 5.41) is 12.8. The van der Waals surface area contributed by atoms with Gasteiger partial charge in [-0.05, 0) is 31.6 Å². The minimum absolute atomic E-state index is 0.138. The second kappa shape index (κ2) is 5.48. The van der Waals surface area contributed by atoms with Crippen molar-refractivity contribution in [2.45, 2.75) is 58.5 Å². The molecule has 1 aliphatic rings. The van der Waals surface area contributed by atoms with Gasteiger partial charge in [0.05, 0.1) is 18.8 Å². The third-order valence-electron chi connectivity index (χ3n) is 2.90. The number of hydrogen-bond donors (Lipinski definition) is 2. The van der Waals surface area contributed by atoms with E-state index in [0.717, 1.165) is 13.0 Å². The lowest BCUT2D eigenvalue weighted by Gasteiger charge is -2.29. The molecule has 1 rings (SSSR count). The molecular weight excluding hydrogens is 202 g/mol. The summed E-state index contributed by atoms with van der Waals surface area (Å²) in [6.07, 6.45) is 3.52. The molecule has 0 bridgehead atoms. The molecule has 0 radical (unpaired) electrons. The zero-order valence-electron chi connectivity index (χ0n) is 11.2. The summed E-state index contributed by atoms with van der Waals surface area (Å²) in [5.41, 5.74) is 0.0542. The van der Waals surface area contributed by atoms with Gasteiger partial charge < -0.3 is 15.2 Å². The van der Waals surface area contributed by atoms with Gasteiger partial charge in [-0.1, -0.05) is 20.8 Å². The van der Waals surface area contributed by atoms with Gasteiger partial charge in [0.15, 0.2) is 0 Å². The number of aliphatic hydroxyl groups is 1. The van der Waals surface area contributed by atoms with Crippen LogP contribution < -0.4 is 5.32 Å². The molecule has 1 unspecified atom stereocenters. The van der Waals surface area contributed by atoms with Crippen LogP contribution >= 0.6 is 0 Å². The first-order chi connectivity index (χ1) is 7.35. The lowest BCUT2D eigenvalue weighted by molar-refractivity contribution is 0.0331. The first-order valence-electron chi connectivity index (χ1n) is 6.31. The maximum atomic E-state index is 9.38. The predicted octanol–water partition coefficient (Wildman–Crippen LogP) is 1.94. The van der Waals surface area contributed by atoms with Crippen LogP contribution in [0.3, 0.4) is 0 Å². The molecule has 0 aromatic carbocycles. The Kier molecular flexibility index (Phi) is 4.77. The SMILES string of the molecule is CC(C)(C)CCOCC(C)(CO)NC1CC1. The quantitative estimate of drug-likeness (QED) is 0.656. The Morgan fingerprint density at radius 2 is 1.88 bits per heavy atom. The Hall–Kier alpha value is -0.120. The minimum atomic E-state index is -0.265. The first kappa shape index (κ1) is 13.9. The summed E-state index contributed by atoms with van der Waals surface area (Å²) in [6, 6.07) is 0.600. The molecule has 0 amide bonds. The van der Waals surface area contributed by atoms with E-state index in [0.29, 0.717) is 18.1 Å². The number of hydrogen-bond acceptors (Lipinski definition) is 3. The van der Waals surface area contributed by atoms with Crippen molar-refractivity contribution in [3.63, 3.8) is 0 Å². The zero-order valence-corrected chi connectivity index (χ0v) is 11.2. The monoisotopic (exact) mass is 229 g/mol. The average Bonchev–Trinajstić information content (AvgIpc) is 2.95. The fourth-order valence-electron chi connectivity index (χ4n) is 1.53. The first-order valence-corrected chi connectivity index (χ1v) is 6.31. The van der Waals surface area contributed by atoms with Crippen LogP contribution in [-0.4, -0.2) is 36.5 Å². The van der Waals surface area contributed by atoms with Crippen molar-refractivity contribution >= 4 is 0 Å². The Morgan fingerprint density at radius 3 is 2.31 bits per heavy atom. The molecule has 1 saturated carbocycles. The summed E-state index contributed by atoms with van der Waals surface area (Å²) in [5.74, 6) is 0. The van der Waals surface area contributed by atoms with Crippen LogP contribution in [0.1, 0.15) is 47.0 Å². The largest absolute Gasteiger partial charge is 0.394 e. The maximum Gasteiger partial charge on any atom is 0.0668 e. The van der Waals surface area contributed by atoms with Crippen LogP contribution in [0.4, 0.5) is 0 Å². The third kappa shape index (κ3) is 5.83. The van der Waals surface area contributed by atoms with Gasteiger partial charge in [-0.25, -0.2) is 0 Å². The molecule has 0 aliphatic heterocycles. The number of aliphatic hydroxyl groups excluding tert-OH is 1. The van der Waals surface area contributed by atoms with Crippen LogP contribution in [-0.2, 0) is 4.74 Å². The molecule has 96 valence electrons. The normalized spacial score (nSPS) is 20.8. The van der Waals surface area contributed by atoms with E-state index in [1.165, 1.54) is 12.8 Å². The highest BCUT2D eigenvalue weighted by atomic mass is 16.5. The van der Waals surface area contributed by atoms with Gasteiger partial charge in [0.1, 0.15) is 0 Å². The molecule has 1 atom stereocenters. The highest BCUT2D eigenvalue weighted by molar-refractivity contribution is 4.92. The molecule has 3 heteroatoms. The molecular formula is C13H27NO2. The van der Waals surface area contributed by atoms with Crippen LogP contribution in [0.25, 0.3) is 0 Å². The lowest BCUT2D eigenvalue weighted by Crippen LogP contribution is -2.50. The van der Waals surface area contributed by atoms with Crippen LogP contribution in [0.2, 0.25) is 0 Å². The van der Waals surface area contributed by atoms with Crippen molar-refractivity contribution in [3.05, 3.63) is 0 Å². The molecule has 1 fully saturated rings. The average molecular weight is 229 g/mol. The molecule has 2 N–H and O–H groups in total.